The third kappa shape index (κ3) is 1.79. The van der Waals surface area contributed by atoms with Crippen LogP contribution in [0.1, 0.15) is 35.4 Å². The maximum Gasteiger partial charge on any atom is 0.211 e. The molecule has 2 aromatic heterocycles. The molecule has 0 aliphatic heterocycles. The van der Waals surface area contributed by atoms with E-state index < -0.39 is 0 Å². The van der Waals surface area contributed by atoms with Crippen molar-refractivity contribution in [2.24, 2.45) is 0 Å². The molecule has 0 radical (unpaired) electrons. The van der Waals surface area contributed by atoms with Crippen molar-refractivity contribution in [1.29, 1.82) is 0 Å². The van der Waals surface area contributed by atoms with E-state index in [0.717, 1.165) is 17.1 Å². The topological polar surface area (TPSA) is 30.7 Å². The van der Waals surface area contributed by atoms with Crippen molar-refractivity contribution >= 4 is 21.6 Å². The standard InChI is InChI=1S/C16H17N3S/c1-10-7-8-15-14(9-10)17-16(20-15)19-11(2)12-5-3-4-6-13(12)18-19/h7-9H,3-6H2,1-2H3. The summed E-state index contributed by atoms with van der Waals surface area (Å²) < 4.78 is 3.29. The fourth-order valence-corrected chi connectivity index (χ4v) is 3.97. The van der Waals surface area contributed by atoms with Crippen molar-refractivity contribution in [1.82, 2.24) is 14.8 Å². The molecule has 0 unspecified atom stereocenters. The molecule has 0 N–H and O–H groups in total. The van der Waals surface area contributed by atoms with Gasteiger partial charge in [-0.15, -0.1) is 0 Å². The first-order chi connectivity index (χ1) is 9.72. The van der Waals surface area contributed by atoms with Gasteiger partial charge in [0.05, 0.1) is 15.9 Å². The SMILES string of the molecule is Cc1ccc2sc(-n3nc4c(c3C)CCCC4)nc2c1. The minimum absolute atomic E-state index is 0.998. The molecular weight excluding hydrogens is 266 g/mol. The number of benzene rings is 1. The first kappa shape index (κ1) is 12.1. The predicted octanol–water partition coefficient (Wildman–Crippen LogP) is 3.98. The average molecular weight is 283 g/mol. The van der Waals surface area contributed by atoms with Gasteiger partial charge in [0, 0.05) is 5.69 Å². The summed E-state index contributed by atoms with van der Waals surface area (Å²) in [5.74, 6) is 0. The molecule has 1 aromatic carbocycles. The molecule has 4 heteroatoms. The van der Waals surface area contributed by atoms with E-state index in [1.165, 1.54) is 46.5 Å². The first-order valence-corrected chi connectivity index (χ1v) is 7.99. The molecule has 102 valence electrons. The fourth-order valence-electron chi connectivity index (χ4n) is 3.02. The number of aryl methyl sites for hydroxylation is 2. The molecule has 0 saturated heterocycles. The molecule has 1 aliphatic carbocycles. The summed E-state index contributed by atoms with van der Waals surface area (Å²) in [6.07, 6.45) is 4.85. The Hall–Kier alpha value is -1.68. The molecule has 0 bridgehead atoms. The van der Waals surface area contributed by atoms with Crippen LogP contribution in [0.15, 0.2) is 18.2 Å². The van der Waals surface area contributed by atoms with Crippen LogP contribution in [0, 0.1) is 13.8 Å². The zero-order valence-corrected chi connectivity index (χ0v) is 12.6. The van der Waals surface area contributed by atoms with Crippen LogP contribution in [0.5, 0.6) is 0 Å². The van der Waals surface area contributed by atoms with Crippen LogP contribution < -0.4 is 0 Å². The zero-order valence-electron chi connectivity index (χ0n) is 11.8. The van der Waals surface area contributed by atoms with Gasteiger partial charge in [-0.1, -0.05) is 17.4 Å². The lowest BCUT2D eigenvalue weighted by Gasteiger charge is -2.08. The summed E-state index contributed by atoms with van der Waals surface area (Å²) in [5.41, 5.74) is 6.34. The maximum atomic E-state index is 4.80. The predicted molar refractivity (Wildman–Crippen MR) is 82.9 cm³/mol. The molecule has 20 heavy (non-hydrogen) atoms. The van der Waals surface area contributed by atoms with E-state index in [2.05, 4.69) is 36.7 Å². The largest absolute Gasteiger partial charge is 0.218 e. The number of thiazole rings is 1. The molecule has 0 atom stereocenters. The summed E-state index contributed by atoms with van der Waals surface area (Å²) in [5, 5.41) is 5.80. The van der Waals surface area contributed by atoms with Gasteiger partial charge in [-0.25, -0.2) is 9.67 Å². The highest BCUT2D eigenvalue weighted by Crippen LogP contribution is 2.30. The van der Waals surface area contributed by atoms with Gasteiger partial charge in [0.15, 0.2) is 0 Å². The lowest BCUT2D eigenvalue weighted by molar-refractivity contribution is 0.671. The third-order valence-corrected chi connectivity index (χ3v) is 5.14. The lowest BCUT2D eigenvalue weighted by atomic mass is 9.96. The molecule has 0 amide bonds. The number of nitrogens with zero attached hydrogens (tertiary/aromatic N) is 3. The van der Waals surface area contributed by atoms with Crippen molar-refractivity contribution in [3.63, 3.8) is 0 Å². The van der Waals surface area contributed by atoms with Crippen LogP contribution in [0.3, 0.4) is 0 Å². The molecule has 0 fully saturated rings. The molecular formula is C16H17N3S. The minimum Gasteiger partial charge on any atom is -0.218 e. The Morgan fingerprint density at radius 1 is 1.15 bits per heavy atom. The van der Waals surface area contributed by atoms with Gasteiger partial charge in [-0.2, -0.15) is 5.10 Å². The van der Waals surface area contributed by atoms with Crippen molar-refractivity contribution in [3.8, 4) is 5.13 Å². The molecule has 4 rings (SSSR count). The average Bonchev–Trinajstić information content (AvgIpc) is 3.00. The highest BCUT2D eigenvalue weighted by molar-refractivity contribution is 7.20. The molecule has 3 nitrogen and oxygen atoms in total. The van der Waals surface area contributed by atoms with Crippen LogP contribution in [-0.4, -0.2) is 14.8 Å². The Morgan fingerprint density at radius 2 is 2.00 bits per heavy atom. The Kier molecular flexibility index (Phi) is 2.67. The first-order valence-electron chi connectivity index (χ1n) is 7.17. The second kappa shape index (κ2) is 4.42. The second-order valence-corrected chi connectivity index (χ2v) is 6.61. The van der Waals surface area contributed by atoms with E-state index in [9.17, 15) is 0 Å². The Bertz CT molecular complexity index is 798. The fraction of sp³-hybridized carbons (Fsp3) is 0.375. The van der Waals surface area contributed by atoms with Crippen molar-refractivity contribution in [2.75, 3.05) is 0 Å². The quantitative estimate of drug-likeness (QED) is 0.676. The lowest BCUT2D eigenvalue weighted by Crippen LogP contribution is -2.00. The number of aromatic nitrogens is 3. The van der Waals surface area contributed by atoms with Gasteiger partial charge in [-0.05, 0) is 62.8 Å². The van der Waals surface area contributed by atoms with Gasteiger partial charge in [0.1, 0.15) is 0 Å². The monoisotopic (exact) mass is 283 g/mol. The van der Waals surface area contributed by atoms with Crippen molar-refractivity contribution < 1.29 is 0 Å². The van der Waals surface area contributed by atoms with Crippen molar-refractivity contribution in [2.45, 2.75) is 39.5 Å². The van der Waals surface area contributed by atoms with Gasteiger partial charge in [0.2, 0.25) is 5.13 Å². The van der Waals surface area contributed by atoms with Gasteiger partial charge in [0.25, 0.3) is 0 Å². The minimum atomic E-state index is 0.998. The second-order valence-electron chi connectivity index (χ2n) is 5.60. The van der Waals surface area contributed by atoms with Gasteiger partial charge < -0.3 is 0 Å². The molecule has 3 aromatic rings. The van der Waals surface area contributed by atoms with Crippen molar-refractivity contribution in [3.05, 3.63) is 40.7 Å². The normalized spacial score (nSPS) is 14.7. The molecule has 1 aliphatic rings. The Labute approximate surface area is 122 Å². The van der Waals surface area contributed by atoms with Crippen LogP contribution >= 0.6 is 11.3 Å². The van der Waals surface area contributed by atoms with E-state index in [1.54, 1.807) is 11.3 Å². The maximum absolute atomic E-state index is 4.80. The highest BCUT2D eigenvalue weighted by Gasteiger charge is 2.20. The van der Waals surface area contributed by atoms with E-state index in [0.29, 0.717) is 0 Å². The third-order valence-electron chi connectivity index (χ3n) is 4.13. The number of fused-ring (bicyclic) bond motifs is 2. The van der Waals surface area contributed by atoms with Crippen LogP contribution in [-0.2, 0) is 12.8 Å². The summed E-state index contributed by atoms with van der Waals surface area (Å²) in [4.78, 5) is 4.77. The zero-order chi connectivity index (χ0) is 13.7. The van der Waals surface area contributed by atoms with Crippen LogP contribution in [0.25, 0.3) is 15.3 Å². The summed E-state index contributed by atoms with van der Waals surface area (Å²) in [7, 11) is 0. The number of rotatable bonds is 1. The highest BCUT2D eigenvalue weighted by atomic mass is 32.1. The van der Waals surface area contributed by atoms with Gasteiger partial charge in [-0.3, -0.25) is 0 Å². The van der Waals surface area contributed by atoms with E-state index >= 15 is 0 Å². The summed E-state index contributed by atoms with van der Waals surface area (Å²) in [6, 6.07) is 6.45. The van der Waals surface area contributed by atoms with E-state index in [1.807, 2.05) is 0 Å². The Morgan fingerprint density at radius 3 is 2.85 bits per heavy atom. The smallest absolute Gasteiger partial charge is 0.211 e. The molecule has 0 spiro atoms. The molecule has 2 heterocycles. The van der Waals surface area contributed by atoms with E-state index in [4.69, 9.17) is 10.1 Å². The number of hydrogen-bond donors (Lipinski definition) is 0. The Balaban J connectivity index is 1.88. The van der Waals surface area contributed by atoms with Crippen LogP contribution in [0.4, 0.5) is 0 Å². The molecule has 0 saturated carbocycles. The van der Waals surface area contributed by atoms with Crippen LogP contribution in [0.2, 0.25) is 0 Å². The number of hydrogen-bond acceptors (Lipinski definition) is 3. The van der Waals surface area contributed by atoms with Gasteiger partial charge >= 0.3 is 0 Å². The summed E-state index contributed by atoms with van der Waals surface area (Å²) in [6.45, 7) is 4.28. The summed E-state index contributed by atoms with van der Waals surface area (Å²) >= 11 is 1.73. The van der Waals surface area contributed by atoms with E-state index in [-0.39, 0.29) is 0 Å².